The molecule has 1 atom stereocenters. The van der Waals surface area contributed by atoms with Gasteiger partial charge >= 0.3 is 0 Å². The van der Waals surface area contributed by atoms with Crippen molar-refractivity contribution in [2.45, 2.75) is 26.3 Å². The van der Waals surface area contributed by atoms with Crippen molar-refractivity contribution in [2.24, 2.45) is 10.7 Å². The molecule has 0 spiro atoms. The second-order valence-electron chi connectivity index (χ2n) is 1.89. The van der Waals surface area contributed by atoms with Crippen LogP contribution in [0.4, 0.5) is 0 Å². The number of hydrogen-bond donors (Lipinski definition) is 1. The molecule has 0 aliphatic heterocycles. The number of rotatable bonds is 3. The topological polar surface area (TPSA) is 38.4 Å². The van der Waals surface area contributed by atoms with Gasteiger partial charge in [-0.05, 0) is 20.3 Å². The summed E-state index contributed by atoms with van der Waals surface area (Å²) in [7, 11) is 0. The van der Waals surface area contributed by atoms with E-state index in [2.05, 4.69) is 4.99 Å². The van der Waals surface area contributed by atoms with E-state index in [4.69, 9.17) is 5.73 Å². The third kappa shape index (κ3) is 5.63. The van der Waals surface area contributed by atoms with Crippen LogP contribution in [-0.4, -0.2) is 18.8 Å². The quantitative estimate of drug-likeness (QED) is 0.542. The zero-order valence-corrected chi connectivity index (χ0v) is 5.59. The number of nitrogens with two attached hydrogens (primary N) is 1. The summed E-state index contributed by atoms with van der Waals surface area (Å²) in [5.41, 5.74) is 5.44. The summed E-state index contributed by atoms with van der Waals surface area (Å²) in [5.74, 6) is 0. The van der Waals surface area contributed by atoms with Gasteiger partial charge in [0.05, 0.1) is 0 Å². The van der Waals surface area contributed by atoms with Crippen LogP contribution in [0, 0.1) is 0 Å². The molecular weight excluding hydrogens is 100 g/mol. The van der Waals surface area contributed by atoms with Gasteiger partial charge in [-0.1, -0.05) is 0 Å². The fourth-order valence-electron chi connectivity index (χ4n) is 0.370. The first kappa shape index (κ1) is 7.63. The summed E-state index contributed by atoms with van der Waals surface area (Å²) in [4.78, 5) is 4.01. The Bertz CT molecular complexity index is 66.9. The van der Waals surface area contributed by atoms with Crippen LogP contribution in [0.15, 0.2) is 4.99 Å². The number of aliphatic imine (C=N–C) groups is 1. The fraction of sp³-hybridized carbons (Fsp3) is 0.833. The van der Waals surface area contributed by atoms with E-state index in [-0.39, 0.29) is 6.04 Å². The van der Waals surface area contributed by atoms with E-state index >= 15 is 0 Å². The average Bonchev–Trinajstić information content (AvgIpc) is 1.66. The predicted octanol–water partition coefficient (Wildman–Crippen LogP) is 0.814. The van der Waals surface area contributed by atoms with Gasteiger partial charge in [0, 0.05) is 18.8 Å². The molecule has 0 aromatic carbocycles. The normalized spacial score (nSPS) is 14.9. The van der Waals surface area contributed by atoms with Gasteiger partial charge in [-0.15, -0.1) is 0 Å². The maximum absolute atomic E-state index is 5.44. The largest absolute Gasteiger partial charge is 0.328 e. The molecule has 0 aliphatic rings. The second kappa shape index (κ2) is 4.78. The van der Waals surface area contributed by atoms with E-state index in [1.165, 1.54) is 0 Å². The molecule has 0 amide bonds. The van der Waals surface area contributed by atoms with E-state index in [1.54, 1.807) is 0 Å². The molecule has 48 valence electrons. The average molecular weight is 114 g/mol. The lowest BCUT2D eigenvalue weighted by atomic mass is 10.3. The molecule has 0 heterocycles. The van der Waals surface area contributed by atoms with Crippen LogP contribution in [-0.2, 0) is 0 Å². The summed E-state index contributed by atoms with van der Waals surface area (Å²) >= 11 is 0. The molecule has 0 saturated carbocycles. The predicted molar refractivity (Wildman–Crippen MR) is 37.3 cm³/mol. The maximum atomic E-state index is 5.44. The van der Waals surface area contributed by atoms with E-state index in [0.717, 1.165) is 13.0 Å². The van der Waals surface area contributed by atoms with Crippen LogP contribution in [0.2, 0.25) is 0 Å². The van der Waals surface area contributed by atoms with Crippen molar-refractivity contribution in [2.75, 3.05) is 6.54 Å². The first-order valence-corrected chi connectivity index (χ1v) is 3.01. The van der Waals surface area contributed by atoms with E-state index in [1.807, 2.05) is 20.1 Å². The monoisotopic (exact) mass is 114 g/mol. The van der Waals surface area contributed by atoms with Gasteiger partial charge in [0.1, 0.15) is 0 Å². The highest BCUT2D eigenvalue weighted by Crippen LogP contribution is 1.79. The summed E-state index contributed by atoms with van der Waals surface area (Å²) in [6.07, 6.45) is 2.78. The Morgan fingerprint density at radius 2 is 2.38 bits per heavy atom. The number of hydrogen-bond acceptors (Lipinski definition) is 2. The Labute approximate surface area is 50.8 Å². The molecule has 0 aromatic rings. The Hall–Kier alpha value is -0.370. The fourth-order valence-corrected chi connectivity index (χ4v) is 0.370. The van der Waals surface area contributed by atoms with Crippen LogP contribution in [0.5, 0.6) is 0 Å². The lowest BCUT2D eigenvalue weighted by Crippen LogP contribution is -2.14. The van der Waals surface area contributed by atoms with Crippen LogP contribution < -0.4 is 5.73 Å². The summed E-state index contributed by atoms with van der Waals surface area (Å²) in [5, 5.41) is 0. The first-order chi connectivity index (χ1) is 3.77. The van der Waals surface area contributed by atoms with E-state index in [9.17, 15) is 0 Å². The van der Waals surface area contributed by atoms with Crippen molar-refractivity contribution in [3.63, 3.8) is 0 Å². The van der Waals surface area contributed by atoms with Crippen LogP contribution in [0.3, 0.4) is 0 Å². The lowest BCUT2D eigenvalue weighted by molar-refractivity contribution is 0.784. The third-order valence-electron chi connectivity index (χ3n) is 0.789. The van der Waals surface area contributed by atoms with Gasteiger partial charge < -0.3 is 5.73 Å². The van der Waals surface area contributed by atoms with Gasteiger partial charge in [-0.25, -0.2) is 0 Å². The van der Waals surface area contributed by atoms with Crippen LogP contribution in [0.1, 0.15) is 20.3 Å². The minimum atomic E-state index is 0.255. The molecule has 8 heavy (non-hydrogen) atoms. The Morgan fingerprint density at radius 1 is 1.75 bits per heavy atom. The molecule has 2 heteroatoms. The molecule has 1 unspecified atom stereocenters. The van der Waals surface area contributed by atoms with Gasteiger partial charge in [0.2, 0.25) is 0 Å². The highest BCUT2D eigenvalue weighted by Gasteiger charge is 1.85. The molecule has 0 rings (SSSR count). The van der Waals surface area contributed by atoms with Crippen LogP contribution >= 0.6 is 0 Å². The molecule has 0 saturated heterocycles. The minimum Gasteiger partial charge on any atom is -0.328 e. The molecule has 0 bridgehead atoms. The first-order valence-electron chi connectivity index (χ1n) is 3.01. The highest BCUT2D eigenvalue weighted by molar-refractivity contribution is 5.57. The van der Waals surface area contributed by atoms with Crippen molar-refractivity contribution in [1.29, 1.82) is 0 Å². The smallest absolute Gasteiger partial charge is 0.0357 e. The highest BCUT2D eigenvalue weighted by atomic mass is 14.7. The SMILES string of the molecule is CCN=CCC(C)N. The molecule has 0 radical (unpaired) electrons. The van der Waals surface area contributed by atoms with Crippen molar-refractivity contribution in [3.05, 3.63) is 0 Å². The van der Waals surface area contributed by atoms with E-state index in [0.29, 0.717) is 0 Å². The van der Waals surface area contributed by atoms with Gasteiger partial charge in [0.15, 0.2) is 0 Å². The summed E-state index contributed by atoms with van der Waals surface area (Å²) < 4.78 is 0. The Morgan fingerprint density at radius 3 is 2.75 bits per heavy atom. The van der Waals surface area contributed by atoms with Crippen molar-refractivity contribution < 1.29 is 0 Å². The van der Waals surface area contributed by atoms with E-state index < -0.39 is 0 Å². The van der Waals surface area contributed by atoms with Gasteiger partial charge in [0.25, 0.3) is 0 Å². The summed E-state index contributed by atoms with van der Waals surface area (Å²) in [6.45, 7) is 4.85. The van der Waals surface area contributed by atoms with Crippen LogP contribution in [0.25, 0.3) is 0 Å². The number of nitrogens with zero attached hydrogens (tertiary/aromatic N) is 1. The zero-order chi connectivity index (χ0) is 6.41. The Kier molecular flexibility index (Phi) is 4.56. The lowest BCUT2D eigenvalue weighted by Gasteiger charge is -1.94. The van der Waals surface area contributed by atoms with Crippen molar-refractivity contribution in [1.82, 2.24) is 0 Å². The molecule has 2 N–H and O–H groups in total. The molecule has 0 aromatic heterocycles. The molecule has 0 fully saturated rings. The van der Waals surface area contributed by atoms with Crippen molar-refractivity contribution >= 4 is 6.21 Å². The summed E-state index contributed by atoms with van der Waals surface area (Å²) in [6, 6.07) is 0.255. The minimum absolute atomic E-state index is 0.255. The van der Waals surface area contributed by atoms with Gasteiger partial charge in [-0.2, -0.15) is 0 Å². The third-order valence-corrected chi connectivity index (χ3v) is 0.789. The standard InChI is InChI=1S/C6H14N2/c1-3-8-5-4-6(2)7/h5-6H,3-4,7H2,1-2H3. The zero-order valence-electron chi connectivity index (χ0n) is 5.59. The Balaban J connectivity index is 3.03. The maximum Gasteiger partial charge on any atom is 0.0357 e. The molecular formula is C6H14N2. The molecule has 0 aliphatic carbocycles. The van der Waals surface area contributed by atoms with Crippen molar-refractivity contribution in [3.8, 4) is 0 Å². The second-order valence-corrected chi connectivity index (χ2v) is 1.89. The van der Waals surface area contributed by atoms with Gasteiger partial charge in [-0.3, -0.25) is 4.99 Å². The molecule has 2 nitrogen and oxygen atoms in total.